The number of fused-ring (bicyclic) bond motifs is 3. The zero-order valence-corrected chi connectivity index (χ0v) is 14.6. The Bertz CT molecular complexity index is 591. The van der Waals surface area contributed by atoms with Crippen LogP contribution in [0.4, 0.5) is 0 Å². The van der Waals surface area contributed by atoms with E-state index in [-0.39, 0.29) is 12.8 Å². The minimum atomic E-state index is -1.35. The van der Waals surface area contributed by atoms with Gasteiger partial charge in [-0.05, 0) is 13.8 Å². The molecule has 1 N–H and O–H groups in total. The zero-order chi connectivity index (χ0) is 18.5. The van der Waals surface area contributed by atoms with Gasteiger partial charge in [0, 0.05) is 5.92 Å². The van der Waals surface area contributed by atoms with Crippen molar-refractivity contribution >= 4 is 17.8 Å². The van der Waals surface area contributed by atoms with Gasteiger partial charge in [0.2, 0.25) is 0 Å². The molecule has 0 aromatic heterocycles. The average molecular weight is 357 g/mol. The monoisotopic (exact) mass is 357 g/mol. The van der Waals surface area contributed by atoms with E-state index < -0.39 is 59.9 Å². The SMILES string of the molecule is COC(=O)C[C@@H]1[C@H]2[C@@H]3OC(C)(C)O[C@@H]3[C@@H](CC(=O)OC)N2C(=O)[C@H]1O. The fraction of sp³-hybridized carbons (Fsp3) is 0.812. The van der Waals surface area contributed by atoms with E-state index in [4.69, 9.17) is 14.2 Å². The van der Waals surface area contributed by atoms with Crippen LogP contribution < -0.4 is 0 Å². The summed E-state index contributed by atoms with van der Waals surface area (Å²) in [6, 6.07) is -1.18. The number of esters is 2. The van der Waals surface area contributed by atoms with E-state index in [1.807, 2.05) is 0 Å². The number of carbonyl (C=O) groups is 3. The third-order valence-corrected chi connectivity index (χ3v) is 5.14. The Morgan fingerprint density at radius 2 is 1.68 bits per heavy atom. The normalized spacial score (nSPS) is 38.4. The quantitative estimate of drug-likeness (QED) is 0.651. The van der Waals surface area contributed by atoms with Crippen LogP contribution >= 0.6 is 0 Å². The first-order chi connectivity index (χ1) is 11.7. The van der Waals surface area contributed by atoms with Crippen molar-refractivity contribution in [1.82, 2.24) is 4.90 Å². The van der Waals surface area contributed by atoms with Gasteiger partial charge in [0.15, 0.2) is 5.79 Å². The average Bonchev–Trinajstić information content (AvgIpc) is 3.10. The van der Waals surface area contributed by atoms with E-state index >= 15 is 0 Å². The molecule has 6 atom stereocenters. The smallest absolute Gasteiger partial charge is 0.307 e. The van der Waals surface area contributed by atoms with Crippen LogP contribution in [0.2, 0.25) is 0 Å². The lowest BCUT2D eigenvalue weighted by molar-refractivity contribution is -0.173. The van der Waals surface area contributed by atoms with Gasteiger partial charge in [0.1, 0.15) is 18.3 Å². The lowest BCUT2D eigenvalue weighted by Gasteiger charge is -2.30. The van der Waals surface area contributed by atoms with Crippen LogP contribution in [0.5, 0.6) is 0 Å². The molecule has 9 nitrogen and oxygen atoms in total. The number of amides is 1. The summed E-state index contributed by atoms with van der Waals surface area (Å²) in [5.41, 5.74) is 0. The number of ether oxygens (including phenoxy) is 4. The van der Waals surface area contributed by atoms with Gasteiger partial charge in [0.25, 0.3) is 5.91 Å². The van der Waals surface area contributed by atoms with Crippen molar-refractivity contribution in [1.29, 1.82) is 0 Å². The number of nitrogens with zero attached hydrogens (tertiary/aromatic N) is 1. The Morgan fingerprint density at radius 1 is 1.12 bits per heavy atom. The van der Waals surface area contributed by atoms with Crippen LogP contribution in [0, 0.1) is 5.92 Å². The Labute approximate surface area is 145 Å². The molecular formula is C16H23NO8. The number of hydrogen-bond donors (Lipinski definition) is 1. The summed E-state index contributed by atoms with van der Waals surface area (Å²) >= 11 is 0. The van der Waals surface area contributed by atoms with Crippen molar-refractivity contribution in [2.24, 2.45) is 5.92 Å². The van der Waals surface area contributed by atoms with Crippen molar-refractivity contribution in [2.75, 3.05) is 14.2 Å². The fourth-order valence-corrected chi connectivity index (χ4v) is 4.18. The van der Waals surface area contributed by atoms with Gasteiger partial charge < -0.3 is 29.0 Å². The molecular weight excluding hydrogens is 334 g/mol. The van der Waals surface area contributed by atoms with Gasteiger partial charge >= 0.3 is 11.9 Å². The molecule has 0 unspecified atom stereocenters. The van der Waals surface area contributed by atoms with E-state index in [9.17, 15) is 19.5 Å². The number of hydrogen-bond acceptors (Lipinski definition) is 8. The van der Waals surface area contributed by atoms with Crippen molar-refractivity contribution < 1.29 is 38.4 Å². The molecule has 1 amide bonds. The molecule has 0 saturated carbocycles. The summed E-state index contributed by atoms with van der Waals surface area (Å²) in [6.07, 6.45) is -2.62. The van der Waals surface area contributed by atoms with Crippen LogP contribution in [0.25, 0.3) is 0 Å². The summed E-state index contributed by atoms with van der Waals surface area (Å²) in [5, 5.41) is 10.4. The highest BCUT2D eigenvalue weighted by Crippen LogP contribution is 2.48. The number of methoxy groups -OCH3 is 2. The molecule has 9 heteroatoms. The molecule has 0 bridgehead atoms. The molecule has 3 aliphatic rings. The van der Waals surface area contributed by atoms with Gasteiger partial charge in [-0.3, -0.25) is 14.4 Å². The van der Waals surface area contributed by atoms with Crippen molar-refractivity contribution in [3.63, 3.8) is 0 Å². The Morgan fingerprint density at radius 3 is 2.28 bits per heavy atom. The summed E-state index contributed by atoms with van der Waals surface area (Å²) < 4.78 is 21.3. The molecule has 3 fully saturated rings. The first-order valence-corrected chi connectivity index (χ1v) is 8.19. The molecule has 3 heterocycles. The highest BCUT2D eigenvalue weighted by molar-refractivity contribution is 5.87. The maximum atomic E-state index is 12.6. The second kappa shape index (κ2) is 6.22. The predicted molar refractivity (Wildman–Crippen MR) is 81.0 cm³/mol. The fourth-order valence-electron chi connectivity index (χ4n) is 4.18. The number of rotatable bonds is 4. The Balaban J connectivity index is 1.94. The third kappa shape index (κ3) is 2.90. The van der Waals surface area contributed by atoms with Gasteiger partial charge in [-0.25, -0.2) is 0 Å². The lowest BCUT2D eigenvalue weighted by Crippen LogP contribution is -2.44. The molecule has 25 heavy (non-hydrogen) atoms. The minimum absolute atomic E-state index is 0.0724. The van der Waals surface area contributed by atoms with Crippen molar-refractivity contribution in [3.8, 4) is 0 Å². The molecule has 3 rings (SSSR count). The van der Waals surface area contributed by atoms with Crippen molar-refractivity contribution in [2.45, 2.75) is 62.9 Å². The van der Waals surface area contributed by atoms with Gasteiger partial charge in [-0.2, -0.15) is 0 Å². The second-order valence-corrected chi connectivity index (χ2v) is 7.04. The number of aliphatic hydroxyl groups excluding tert-OH is 1. The predicted octanol–water partition coefficient (Wildman–Crippen LogP) is -0.797. The van der Waals surface area contributed by atoms with Crippen LogP contribution in [0.3, 0.4) is 0 Å². The Kier molecular flexibility index (Phi) is 4.50. The Hall–Kier alpha value is -1.71. The van der Waals surface area contributed by atoms with E-state index in [2.05, 4.69) is 4.74 Å². The third-order valence-electron chi connectivity index (χ3n) is 5.14. The summed E-state index contributed by atoms with van der Waals surface area (Å²) in [7, 11) is 2.52. The molecule has 3 saturated heterocycles. The van der Waals surface area contributed by atoms with E-state index in [1.54, 1.807) is 13.8 Å². The summed E-state index contributed by atoms with van der Waals surface area (Å²) in [4.78, 5) is 37.6. The number of carbonyl (C=O) groups excluding carboxylic acids is 3. The van der Waals surface area contributed by atoms with Gasteiger partial charge in [0.05, 0.1) is 39.1 Å². The topological polar surface area (TPSA) is 112 Å². The first kappa shape index (κ1) is 18.1. The maximum absolute atomic E-state index is 12.6. The standard InChI is InChI=1S/C16H23NO8/c1-16(2)24-13-8(6-10(19)23-4)17-11(14(13)25-16)7(5-9(18)22-3)12(20)15(17)21/h7-8,11-14,20H,5-6H2,1-4H3/t7-,8-,11+,12+,13-,14+/m1/s1. The van der Waals surface area contributed by atoms with Crippen LogP contribution in [0.15, 0.2) is 0 Å². The molecule has 0 spiro atoms. The molecule has 0 aromatic rings. The van der Waals surface area contributed by atoms with Crippen LogP contribution in [0.1, 0.15) is 26.7 Å². The zero-order valence-electron chi connectivity index (χ0n) is 14.6. The minimum Gasteiger partial charge on any atom is -0.469 e. The van der Waals surface area contributed by atoms with Crippen LogP contribution in [-0.4, -0.2) is 78.3 Å². The molecule has 140 valence electrons. The van der Waals surface area contributed by atoms with E-state index in [1.165, 1.54) is 19.1 Å². The van der Waals surface area contributed by atoms with E-state index in [0.29, 0.717) is 0 Å². The molecule has 3 aliphatic heterocycles. The van der Waals surface area contributed by atoms with E-state index in [0.717, 1.165) is 0 Å². The second-order valence-electron chi connectivity index (χ2n) is 7.04. The largest absolute Gasteiger partial charge is 0.469 e. The lowest BCUT2D eigenvalue weighted by atomic mass is 9.90. The molecule has 0 aromatic carbocycles. The van der Waals surface area contributed by atoms with Crippen LogP contribution in [-0.2, 0) is 33.3 Å². The first-order valence-electron chi connectivity index (χ1n) is 8.19. The highest BCUT2D eigenvalue weighted by Gasteiger charge is 2.66. The summed E-state index contributed by atoms with van der Waals surface area (Å²) in [5.74, 6) is -3.12. The van der Waals surface area contributed by atoms with Crippen molar-refractivity contribution in [3.05, 3.63) is 0 Å². The van der Waals surface area contributed by atoms with Gasteiger partial charge in [-0.1, -0.05) is 0 Å². The maximum Gasteiger partial charge on any atom is 0.307 e. The van der Waals surface area contributed by atoms with Gasteiger partial charge in [-0.15, -0.1) is 0 Å². The highest BCUT2D eigenvalue weighted by atomic mass is 16.8. The number of aliphatic hydroxyl groups is 1. The summed E-state index contributed by atoms with van der Waals surface area (Å²) in [6.45, 7) is 3.49. The molecule has 0 radical (unpaired) electrons. The molecule has 0 aliphatic carbocycles.